The van der Waals surface area contributed by atoms with Gasteiger partial charge in [-0.2, -0.15) is 0 Å². The van der Waals surface area contributed by atoms with Crippen molar-refractivity contribution in [2.24, 2.45) is 18.9 Å². The average molecular weight is 408 g/mol. The predicted octanol–water partition coefficient (Wildman–Crippen LogP) is 3.75. The zero-order valence-electron chi connectivity index (χ0n) is 18.2. The summed E-state index contributed by atoms with van der Waals surface area (Å²) >= 11 is 0. The molecule has 0 saturated carbocycles. The molecule has 0 unspecified atom stereocenters. The van der Waals surface area contributed by atoms with E-state index < -0.39 is 0 Å². The Kier molecular flexibility index (Phi) is 5.08. The number of rotatable bonds is 4. The predicted molar refractivity (Wildman–Crippen MR) is 118 cm³/mol. The normalized spacial score (nSPS) is 28.7. The van der Waals surface area contributed by atoms with Gasteiger partial charge in [0.2, 0.25) is 11.8 Å². The number of nitrogens with zero attached hydrogens (tertiary/aromatic N) is 3. The molecule has 0 spiro atoms. The third kappa shape index (κ3) is 3.23. The van der Waals surface area contributed by atoms with Crippen LogP contribution in [0, 0.1) is 11.8 Å². The molecule has 5 nitrogen and oxygen atoms in total. The van der Waals surface area contributed by atoms with E-state index in [1.807, 2.05) is 19.2 Å². The maximum atomic E-state index is 13.4. The topological polar surface area (TPSA) is 45.6 Å². The van der Waals surface area contributed by atoms with Crippen LogP contribution in [0.4, 0.5) is 0 Å². The van der Waals surface area contributed by atoms with Crippen LogP contribution in [0.25, 0.3) is 10.9 Å². The molecule has 0 radical (unpaired) electrons. The monoisotopic (exact) mass is 407 g/mol. The largest absolute Gasteiger partial charge is 0.350 e. The lowest BCUT2D eigenvalue weighted by Crippen LogP contribution is -2.65. The first kappa shape index (κ1) is 19.7. The number of aryl methyl sites for hydroxylation is 1. The summed E-state index contributed by atoms with van der Waals surface area (Å²) in [6.07, 6.45) is 8.72. The summed E-state index contributed by atoms with van der Waals surface area (Å²) in [4.78, 5) is 30.5. The quantitative estimate of drug-likeness (QED) is 0.775. The number of likely N-dealkylation sites (tertiary alicyclic amines) is 1. The molecule has 30 heavy (non-hydrogen) atoms. The van der Waals surface area contributed by atoms with Crippen LogP contribution >= 0.6 is 0 Å². The number of piperidine rings is 3. The molecule has 3 saturated heterocycles. The number of hydrogen-bond acceptors (Lipinski definition) is 2. The molecule has 2 amide bonds. The van der Waals surface area contributed by atoms with E-state index >= 15 is 0 Å². The zero-order chi connectivity index (χ0) is 20.8. The lowest BCUT2D eigenvalue weighted by atomic mass is 9.71. The molecular formula is C25H33N3O2. The SMILES string of the molecule is CCC[C@H]1[C@H]2C[C@H](CN(C(=O)Cc3cn(C)c4ccccc34)C2)[C@@H]2CCCC(=O)N21. The van der Waals surface area contributed by atoms with Crippen molar-refractivity contribution >= 4 is 22.7 Å². The van der Waals surface area contributed by atoms with Gasteiger partial charge >= 0.3 is 0 Å². The molecule has 3 aliphatic heterocycles. The highest BCUT2D eigenvalue weighted by Crippen LogP contribution is 2.43. The highest BCUT2D eigenvalue weighted by atomic mass is 16.2. The van der Waals surface area contributed by atoms with Crippen molar-refractivity contribution in [3.05, 3.63) is 36.0 Å². The molecule has 3 aliphatic rings. The number of fused-ring (bicyclic) bond motifs is 5. The second-order valence-electron chi connectivity index (χ2n) is 9.63. The fourth-order valence-electron chi connectivity index (χ4n) is 6.49. The Morgan fingerprint density at radius 1 is 1.17 bits per heavy atom. The van der Waals surface area contributed by atoms with Crippen LogP contribution in [-0.2, 0) is 23.1 Å². The number of para-hydroxylation sites is 1. The molecule has 3 fully saturated rings. The Morgan fingerprint density at radius 3 is 2.80 bits per heavy atom. The number of aromatic nitrogens is 1. The van der Waals surface area contributed by atoms with Crippen LogP contribution in [0.1, 0.15) is 51.0 Å². The minimum atomic E-state index is 0.242. The van der Waals surface area contributed by atoms with Crippen molar-refractivity contribution in [3.8, 4) is 0 Å². The molecule has 1 aromatic heterocycles. The van der Waals surface area contributed by atoms with Crippen molar-refractivity contribution in [1.82, 2.24) is 14.4 Å². The van der Waals surface area contributed by atoms with Gasteiger partial charge in [-0.3, -0.25) is 9.59 Å². The Bertz CT molecular complexity index is 964. The molecule has 1 aromatic carbocycles. The van der Waals surface area contributed by atoms with Gasteiger partial charge in [-0.05, 0) is 49.1 Å². The second-order valence-corrected chi connectivity index (χ2v) is 9.63. The third-order valence-electron chi connectivity index (χ3n) is 7.76. The minimum absolute atomic E-state index is 0.242. The molecule has 0 N–H and O–H groups in total. The summed E-state index contributed by atoms with van der Waals surface area (Å²) < 4.78 is 2.12. The number of amides is 2. The average Bonchev–Trinajstić information content (AvgIpc) is 3.07. The molecule has 2 aromatic rings. The molecular weight excluding hydrogens is 374 g/mol. The van der Waals surface area contributed by atoms with E-state index in [1.54, 1.807) is 0 Å². The Hall–Kier alpha value is -2.30. The number of benzene rings is 1. The van der Waals surface area contributed by atoms with Crippen LogP contribution in [0.2, 0.25) is 0 Å². The first-order chi connectivity index (χ1) is 14.6. The summed E-state index contributed by atoms with van der Waals surface area (Å²) in [5.41, 5.74) is 2.29. The molecule has 5 rings (SSSR count). The van der Waals surface area contributed by atoms with Gasteiger partial charge in [0, 0.05) is 55.7 Å². The first-order valence-corrected chi connectivity index (χ1v) is 11.7. The second kappa shape index (κ2) is 7.75. The van der Waals surface area contributed by atoms with Crippen LogP contribution in [0.3, 0.4) is 0 Å². The number of hydrogen-bond donors (Lipinski definition) is 0. The fraction of sp³-hybridized carbons (Fsp3) is 0.600. The lowest BCUT2D eigenvalue weighted by molar-refractivity contribution is -0.156. The van der Waals surface area contributed by atoms with Gasteiger partial charge in [-0.15, -0.1) is 0 Å². The summed E-state index contributed by atoms with van der Waals surface area (Å²) in [6, 6.07) is 8.98. The maximum absolute atomic E-state index is 13.4. The summed E-state index contributed by atoms with van der Waals surface area (Å²) in [5.74, 6) is 1.47. The van der Waals surface area contributed by atoms with E-state index in [0.717, 1.165) is 44.3 Å². The standard InChI is InChI=1S/C25H33N3O2/c1-3-7-21-18-12-19(22-10-6-11-24(29)28(21)22)16-27(15-18)25(30)13-17-14-26(2)23-9-5-4-8-20(17)23/h4-5,8-9,14,18-19,21-22H,3,6-7,10-13,15-16H2,1-2H3/t18-,19+,21-,22-/m0/s1. The lowest BCUT2D eigenvalue weighted by Gasteiger charge is -2.56. The molecule has 4 atom stereocenters. The summed E-state index contributed by atoms with van der Waals surface area (Å²) in [6.45, 7) is 3.83. The van der Waals surface area contributed by atoms with Crippen molar-refractivity contribution in [1.29, 1.82) is 0 Å². The van der Waals surface area contributed by atoms with E-state index in [0.29, 0.717) is 42.7 Å². The van der Waals surface area contributed by atoms with Crippen molar-refractivity contribution < 1.29 is 9.59 Å². The van der Waals surface area contributed by atoms with Crippen LogP contribution in [0.5, 0.6) is 0 Å². The van der Waals surface area contributed by atoms with Gasteiger partial charge in [0.1, 0.15) is 0 Å². The number of carbonyl (C=O) groups excluding carboxylic acids is 2. The number of carbonyl (C=O) groups is 2. The fourth-order valence-corrected chi connectivity index (χ4v) is 6.49. The van der Waals surface area contributed by atoms with E-state index in [9.17, 15) is 9.59 Å². The Balaban J connectivity index is 1.37. The smallest absolute Gasteiger partial charge is 0.227 e. The molecule has 2 bridgehead atoms. The third-order valence-corrected chi connectivity index (χ3v) is 7.76. The van der Waals surface area contributed by atoms with E-state index in [2.05, 4.69) is 39.6 Å². The Morgan fingerprint density at radius 2 is 1.97 bits per heavy atom. The highest BCUT2D eigenvalue weighted by molar-refractivity contribution is 5.89. The molecule has 0 aliphatic carbocycles. The molecule has 5 heteroatoms. The molecule has 160 valence electrons. The van der Waals surface area contributed by atoms with Crippen LogP contribution in [-0.4, -0.2) is 51.4 Å². The van der Waals surface area contributed by atoms with Crippen LogP contribution in [0.15, 0.2) is 30.5 Å². The van der Waals surface area contributed by atoms with Gasteiger partial charge in [0.05, 0.1) is 6.42 Å². The van der Waals surface area contributed by atoms with Crippen molar-refractivity contribution in [3.63, 3.8) is 0 Å². The van der Waals surface area contributed by atoms with E-state index in [1.165, 1.54) is 17.3 Å². The van der Waals surface area contributed by atoms with E-state index in [4.69, 9.17) is 0 Å². The minimum Gasteiger partial charge on any atom is -0.350 e. The van der Waals surface area contributed by atoms with Crippen molar-refractivity contribution in [2.75, 3.05) is 13.1 Å². The van der Waals surface area contributed by atoms with Gasteiger partial charge in [-0.25, -0.2) is 0 Å². The van der Waals surface area contributed by atoms with Gasteiger partial charge in [0.15, 0.2) is 0 Å². The van der Waals surface area contributed by atoms with Gasteiger partial charge in [0.25, 0.3) is 0 Å². The molecule has 4 heterocycles. The highest BCUT2D eigenvalue weighted by Gasteiger charge is 2.49. The summed E-state index contributed by atoms with van der Waals surface area (Å²) in [5, 5.41) is 1.18. The van der Waals surface area contributed by atoms with E-state index in [-0.39, 0.29) is 5.91 Å². The maximum Gasteiger partial charge on any atom is 0.227 e. The summed E-state index contributed by atoms with van der Waals surface area (Å²) in [7, 11) is 2.05. The zero-order valence-corrected chi connectivity index (χ0v) is 18.2. The van der Waals surface area contributed by atoms with Crippen molar-refractivity contribution in [2.45, 2.75) is 64.0 Å². The van der Waals surface area contributed by atoms with Gasteiger partial charge < -0.3 is 14.4 Å². The van der Waals surface area contributed by atoms with Gasteiger partial charge in [-0.1, -0.05) is 31.5 Å². The first-order valence-electron chi connectivity index (χ1n) is 11.7. The Labute approximate surface area is 179 Å². The van der Waals surface area contributed by atoms with Crippen LogP contribution < -0.4 is 0 Å².